The van der Waals surface area contributed by atoms with E-state index in [1.807, 2.05) is 0 Å². The summed E-state index contributed by atoms with van der Waals surface area (Å²) in [5.74, 6) is -0.370. The molecule has 1 rings (SSSR count). The van der Waals surface area contributed by atoms with E-state index in [-0.39, 0.29) is 13.1 Å². The molecule has 0 aliphatic heterocycles. The van der Waals surface area contributed by atoms with E-state index in [1.54, 1.807) is 6.92 Å². The Kier molecular flexibility index (Phi) is 4.85. The predicted octanol–water partition coefficient (Wildman–Crippen LogP) is 0.160. The van der Waals surface area contributed by atoms with E-state index in [1.165, 1.54) is 6.08 Å². The third-order valence-corrected chi connectivity index (χ3v) is 1.93. The first-order chi connectivity index (χ1) is 8.52. The number of carbonyl (C=O) groups is 2. The quantitative estimate of drug-likeness (QED) is 0.700. The number of aliphatic carboxylic acids is 1. The smallest absolute Gasteiger partial charge is 0.323 e. The molecule has 2 N–H and O–H groups in total. The van der Waals surface area contributed by atoms with Crippen molar-refractivity contribution >= 4 is 12.0 Å². The highest BCUT2D eigenvalue weighted by molar-refractivity contribution is 5.80. The standard InChI is InChI=1S/C10H14N4O4/c1-3-4-14(6-9(15)16)10(17)11-5-8-12-7(2)18-13-8/h3H,1,4-6H2,2H3,(H,11,17)(H,15,16). The zero-order valence-electron chi connectivity index (χ0n) is 9.92. The zero-order valence-corrected chi connectivity index (χ0v) is 9.92. The van der Waals surface area contributed by atoms with Crippen molar-refractivity contribution in [1.82, 2.24) is 20.4 Å². The molecule has 8 nitrogen and oxygen atoms in total. The Labute approximate surface area is 103 Å². The molecule has 1 heterocycles. The summed E-state index contributed by atoms with van der Waals surface area (Å²) in [6.45, 7) is 4.90. The minimum atomic E-state index is -1.09. The van der Waals surface area contributed by atoms with Crippen LogP contribution in [0.15, 0.2) is 17.2 Å². The molecule has 0 spiro atoms. The van der Waals surface area contributed by atoms with Gasteiger partial charge in [0.1, 0.15) is 6.54 Å². The van der Waals surface area contributed by atoms with Gasteiger partial charge in [0, 0.05) is 13.5 Å². The van der Waals surface area contributed by atoms with Crippen LogP contribution in [0.4, 0.5) is 4.79 Å². The maximum Gasteiger partial charge on any atom is 0.323 e. The fourth-order valence-corrected chi connectivity index (χ4v) is 1.22. The Bertz CT molecular complexity index is 443. The first-order valence-electron chi connectivity index (χ1n) is 5.17. The lowest BCUT2D eigenvalue weighted by molar-refractivity contribution is -0.137. The van der Waals surface area contributed by atoms with E-state index < -0.39 is 18.5 Å². The number of carboxylic acid groups (broad SMARTS) is 1. The average Bonchev–Trinajstić information content (AvgIpc) is 2.71. The fourth-order valence-electron chi connectivity index (χ4n) is 1.22. The van der Waals surface area contributed by atoms with Gasteiger partial charge in [0.25, 0.3) is 0 Å². The van der Waals surface area contributed by atoms with Gasteiger partial charge in [-0.2, -0.15) is 4.98 Å². The number of aromatic nitrogens is 2. The average molecular weight is 254 g/mol. The van der Waals surface area contributed by atoms with Gasteiger partial charge in [-0.3, -0.25) is 4.79 Å². The van der Waals surface area contributed by atoms with Crippen molar-refractivity contribution in [1.29, 1.82) is 0 Å². The molecule has 0 aliphatic carbocycles. The van der Waals surface area contributed by atoms with Crippen LogP contribution in [0.1, 0.15) is 11.7 Å². The van der Waals surface area contributed by atoms with Gasteiger partial charge in [-0.15, -0.1) is 6.58 Å². The molecule has 0 radical (unpaired) electrons. The third kappa shape index (κ3) is 4.24. The monoisotopic (exact) mass is 254 g/mol. The number of nitrogens with one attached hydrogen (secondary N) is 1. The van der Waals surface area contributed by atoms with E-state index in [4.69, 9.17) is 9.63 Å². The summed E-state index contributed by atoms with van der Waals surface area (Å²) in [4.78, 5) is 27.2. The van der Waals surface area contributed by atoms with Crippen molar-refractivity contribution in [2.24, 2.45) is 0 Å². The normalized spacial score (nSPS) is 9.83. The maximum absolute atomic E-state index is 11.7. The van der Waals surface area contributed by atoms with E-state index in [2.05, 4.69) is 22.0 Å². The van der Waals surface area contributed by atoms with Crippen LogP contribution in [-0.2, 0) is 11.3 Å². The Morgan fingerprint density at radius 2 is 2.33 bits per heavy atom. The minimum Gasteiger partial charge on any atom is -0.480 e. The van der Waals surface area contributed by atoms with Crippen LogP contribution in [-0.4, -0.2) is 45.2 Å². The lowest BCUT2D eigenvalue weighted by atomic mass is 10.4. The summed E-state index contributed by atoms with van der Waals surface area (Å²) in [6, 6.07) is -0.528. The van der Waals surface area contributed by atoms with Crippen LogP contribution >= 0.6 is 0 Å². The summed E-state index contributed by atoms with van der Waals surface area (Å²) in [7, 11) is 0. The summed E-state index contributed by atoms with van der Waals surface area (Å²) in [5, 5.41) is 14.7. The first-order valence-corrected chi connectivity index (χ1v) is 5.17. The molecule has 0 saturated heterocycles. The molecular formula is C10H14N4O4. The number of hydrogen-bond donors (Lipinski definition) is 2. The van der Waals surface area contributed by atoms with E-state index >= 15 is 0 Å². The number of amides is 2. The highest BCUT2D eigenvalue weighted by Gasteiger charge is 2.15. The van der Waals surface area contributed by atoms with Crippen LogP contribution in [0.2, 0.25) is 0 Å². The molecule has 1 aromatic rings. The molecule has 98 valence electrons. The number of hydrogen-bond acceptors (Lipinski definition) is 5. The van der Waals surface area contributed by atoms with Crippen molar-refractivity contribution in [3.8, 4) is 0 Å². The molecule has 0 aliphatic rings. The Balaban J connectivity index is 2.50. The number of urea groups is 1. The molecule has 0 aromatic carbocycles. The maximum atomic E-state index is 11.7. The van der Waals surface area contributed by atoms with Crippen LogP contribution in [0.5, 0.6) is 0 Å². The number of nitrogens with zero attached hydrogens (tertiary/aromatic N) is 3. The van der Waals surface area contributed by atoms with Crippen molar-refractivity contribution in [3.63, 3.8) is 0 Å². The van der Waals surface area contributed by atoms with Crippen LogP contribution in [0.3, 0.4) is 0 Å². The van der Waals surface area contributed by atoms with Crippen LogP contribution in [0, 0.1) is 6.92 Å². The number of carboxylic acids is 1. The first kappa shape index (κ1) is 13.7. The van der Waals surface area contributed by atoms with E-state index in [9.17, 15) is 9.59 Å². The zero-order chi connectivity index (χ0) is 13.5. The van der Waals surface area contributed by atoms with Crippen LogP contribution in [0.25, 0.3) is 0 Å². The molecule has 8 heteroatoms. The number of carbonyl (C=O) groups excluding carboxylic acids is 1. The highest BCUT2D eigenvalue weighted by Crippen LogP contribution is 1.96. The van der Waals surface area contributed by atoms with Gasteiger partial charge in [-0.05, 0) is 0 Å². The second-order valence-corrected chi connectivity index (χ2v) is 3.45. The number of aryl methyl sites for hydroxylation is 1. The van der Waals surface area contributed by atoms with Gasteiger partial charge >= 0.3 is 12.0 Å². The van der Waals surface area contributed by atoms with Gasteiger partial charge < -0.3 is 19.8 Å². The largest absolute Gasteiger partial charge is 0.480 e. The summed E-state index contributed by atoms with van der Waals surface area (Å²) < 4.78 is 4.73. The van der Waals surface area contributed by atoms with Gasteiger partial charge in [-0.1, -0.05) is 11.2 Å². The van der Waals surface area contributed by atoms with Crippen molar-refractivity contribution < 1.29 is 19.2 Å². The molecular weight excluding hydrogens is 240 g/mol. The van der Waals surface area contributed by atoms with E-state index in [0.717, 1.165) is 4.90 Å². The Hall–Kier alpha value is -2.38. The van der Waals surface area contributed by atoms with Crippen molar-refractivity contribution in [3.05, 3.63) is 24.4 Å². The lowest BCUT2D eigenvalue weighted by Crippen LogP contribution is -2.42. The molecule has 2 amide bonds. The Morgan fingerprint density at radius 1 is 1.61 bits per heavy atom. The van der Waals surface area contributed by atoms with E-state index in [0.29, 0.717) is 11.7 Å². The second kappa shape index (κ2) is 6.38. The van der Waals surface area contributed by atoms with Gasteiger partial charge in [-0.25, -0.2) is 4.79 Å². The third-order valence-electron chi connectivity index (χ3n) is 1.93. The number of rotatable bonds is 6. The van der Waals surface area contributed by atoms with Crippen molar-refractivity contribution in [2.75, 3.05) is 13.1 Å². The van der Waals surface area contributed by atoms with Crippen molar-refractivity contribution in [2.45, 2.75) is 13.5 Å². The summed E-state index contributed by atoms with van der Waals surface area (Å²) in [5.41, 5.74) is 0. The fraction of sp³-hybridized carbons (Fsp3) is 0.400. The molecule has 0 saturated carbocycles. The SMILES string of the molecule is C=CCN(CC(=O)O)C(=O)NCc1noc(C)n1. The molecule has 0 fully saturated rings. The second-order valence-electron chi connectivity index (χ2n) is 3.45. The lowest BCUT2D eigenvalue weighted by Gasteiger charge is -2.18. The Morgan fingerprint density at radius 3 is 2.83 bits per heavy atom. The van der Waals surface area contributed by atoms with Gasteiger partial charge in [0.2, 0.25) is 5.89 Å². The topological polar surface area (TPSA) is 109 Å². The van der Waals surface area contributed by atoms with Gasteiger partial charge in [0.15, 0.2) is 5.82 Å². The molecule has 0 atom stereocenters. The summed E-state index contributed by atoms with van der Waals surface area (Å²) in [6.07, 6.45) is 1.45. The predicted molar refractivity (Wildman–Crippen MR) is 60.7 cm³/mol. The molecule has 18 heavy (non-hydrogen) atoms. The van der Waals surface area contributed by atoms with Gasteiger partial charge in [0.05, 0.1) is 6.54 Å². The summed E-state index contributed by atoms with van der Waals surface area (Å²) >= 11 is 0. The van der Waals surface area contributed by atoms with Crippen LogP contribution < -0.4 is 5.32 Å². The molecule has 0 unspecified atom stereocenters. The molecule has 1 aromatic heterocycles. The molecule has 0 bridgehead atoms. The highest BCUT2D eigenvalue weighted by atomic mass is 16.5. The minimum absolute atomic E-state index is 0.0729.